The monoisotopic (exact) mass is 1060 g/mol. The van der Waals surface area contributed by atoms with E-state index in [1.807, 2.05) is 20.8 Å². The van der Waals surface area contributed by atoms with Gasteiger partial charge in [0.1, 0.15) is 57.1 Å². The molecule has 76 heavy (non-hydrogen) atoms. The molecule has 2 atom stereocenters. The van der Waals surface area contributed by atoms with E-state index in [9.17, 15) is 18.0 Å². The van der Waals surface area contributed by atoms with Crippen molar-refractivity contribution >= 4 is 34.6 Å². The Kier molecular flexibility index (Phi) is 16.2. The highest BCUT2D eigenvalue weighted by Gasteiger charge is 2.29. The first-order valence-electron chi connectivity index (χ1n) is 24.6. The number of carbonyl (C=O) groups excluding carboxylic acids is 1. The fourth-order valence-corrected chi connectivity index (χ4v) is 9.24. The summed E-state index contributed by atoms with van der Waals surface area (Å²) in [7, 11) is 4.69. The normalized spacial score (nSPS) is 15.7. The number of aromatic nitrogens is 12. The molecule has 11 heterocycles. The van der Waals surface area contributed by atoms with Crippen LogP contribution in [0, 0.1) is 29.3 Å². The lowest BCUT2D eigenvalue weighted by Crippen LogP contribution is -2.43. The minimum Gasteiger partial charge on any atom is -0.493 e. The van der Waals surface area contributed by atoms with Crippen molar-refractivity contribution in [2.24, 2.45) is 11.8 Å². The van der Waals surface area contributed by atoms with Gasteiger partial charge in [-0.05, 0) is 121 Å². The zero-order valence-corrected chi connectivity index (χ0v) is 43.5. The van der Waals surface area contributed by atoms with Crippen molar-refractivity contribution in [1.29, 1.82) is 0 Å². The molecular formula is C53H56ClF3N14O5. The number of piperidine rings is 2. The highest BCUT2D eigenvalue weighted by Crippen LogP contribution is 2.30. The number of amides is 1. The fourth-order valence-electron chi connectivity index (χ4n) is 9.03. The van der Waals surface area contributed by atoms with Gasteiger partial charge in [0.15, 0.2) is 39.9 Å². The summed E-state index contributed by atoms with van der Waals surface area (Å²) in [5.41, 5.74) is 4.81. The Labute approximate surface area is 440 Å². The van der Waals surface area contributed by atoms with Gasteiger partial charge in [-0.2, -0.15) is 0 Å². The molecule has 2 aliphatic rings. The van der Waals surface area contributed by atoms with E-state index >= 15 is 0 Å². The van der Waals surface area contributed by atoms with Gasteiger partial charge in [0.2, 0.25) is 0 Å². The number of hydrogen-bond donors (Lipinski definition) is 1. The van der Waals surface area contributed by atoms with E-state index in [-0.39, 0.29) is 34.6 Å². The van der Waals surface area contributed by atoms with Gasteiger partial charge in [-0.25, -0.2) is 62.8 Å². The molecule has 0 bridgehead atoms. The molecule has 0 unspecified atom stereocenters. The molecule has 1 N–H and O–H groups in total. The van der Waals surface area contributed by atoms with Crippen LogP contribution in [0.5, 0.6) is 17.2 Å². The van der Waals surface area contributed by atoms with Crippen molar-refractivity contribution in [2.75, 3.05) is 47.5 Å². The topological polar surface area (TPSA) is 198 Å². The Balaban J connectivity index is 0.000000144. The first-order valence-corrected chi connectivity index (χ1v) is 25.0. The predicted octanol–water partition coefficient (Wildman–Crippen LogP) is 9.20. The van der Waals surface area contributed by atoms with Crippen LogP contribution in [0.3, 0.4) is 0 Å². The van der Waals surface area contributed by atoms with Crippen molar-refractivity contribution in [2.45, 2.75) is 64.9 Å². The molecule has 23 heteroatoms. The number of carbonyl (C=O) groups is 1. The first kappa shape index (κ1) is 52.9. The van der Waals surface area contributed by atoms with E-state index in [1.165, 1.54) is 62.9 Å². The highest BCUT2D eigenvalue weighted by molar-refractivity contribution is 6.30. The standard InChI is InChI=1S/C23H28FN5O3.C18H20FN5O.C12H8ClFN4O/c1-23(2,3)32-22(30)28-9-5-6-15(13-28)10-17-19(31-4)12-26-21(27-17)18-11-25-20-8-7-16(24)14-29(18)20;1-25-16-10-22-18(23-14(16)7-12-3-2-6-20-8-12)15-9-21-17-5-4-13(19)11-24(15)17;1-19-9-5-16-12(17-11(9)13)8-4-15-10-3-2-7(14)6-18(8)10/h7-8,11-12,14-15H,5-6,9-10,13H2,1-4H3;4-5,9-12,20H,2-3,6-8H2,1H3;2-6H,1H3/t15-;12-;/m00./s1. The minimum atomic E-state index is -0.526. The van der Waals surface area contributed by atoms with Crippen LogP contribution in [-0.2, 0) is 17.6 Å². The van der Waals surface area contributed by atoms with Crippen molar-refractivity contribution in [3.05, 3.63) is 126 Å². The molecule has 2 saturated heterocycles. The third-order valence-electron chi connectivity index (χ3n) is 12.7. The largest absolute Gasteiger partial charge is 0.493 e. The zero-order chi connectivity index (χ0) is 53.5. The summed E-state index contributed by atoms with van der Waals surface area (Å²) in [5.74, 6) is 2.66. The lowest BCUT2D eigenvalue weighted by molar-refractivity contribution is 0.0165. The maximum Gasteiger partial charge on any atom is 0.410 e. The van der Waals surface area contributed by atoms with Crippen molar-refractivity contribution in [3.8, 4) is 51.8 Å². The van der Waals surface area contributed by atoms with Gasteiger partial charge >= 0.3 is 6.09 Å². The Morgan fingerprint density at radius 2 is 1.07 bits per heavy atom. The molecule has 2 fully saturated rings. The lowest BCUT2D eigenvalue weighted by Gasteiger charge is -2.34. The van der Waals surface area contributed by atoms with E-state index in [4.69, 9.17) is 40.5 Å². The van der Waals surface area contributed by atoms with Crippen LogP contribution in [0.25, 0.3) is 51.5 Å². The van der Waals surface area contributed by atoms with Gasteiger partial charge in [-0.1, -0.05) is 11.6 Å². The summed E-state index contributed by atoms with van der Waals surface area (Å²) in [6.07, 6.45) is 19.1. The van der Waals surface area contributed by atoms with E-state index < -0.39 is 5.60 Å². The van der Waals surface area contributed by atoms with E-state index in [0.717, 1.165) is 43.7 Å². The molecule has 0 aromatic carbocycles. The lowest BCUT2D eigenvalue weighted by atomic mass is 9.93. The summed E-state index contributed by atoms with van der Waals surface area (Å²) >= 11 is 5.95. The number of nitrogens with zero attached hydrogens (tertiary/aromatic N) is 13. The van der Waals surface area contributed by atoms with Crippen LogP contribution in [0.2, 0.25) is 5.15 Å². The van der Waals surface area contributed by atoms with Crippen LogP contribution in [0.1, 0.15) is 57.8 Å². The van der Waals surface area contributed by atoms with E-state index in [0.29, 0.717) is 94.2 Å². The second kappa shape index (κ2) is 23.3. The number of rotatable bonds is 10. The summed E-state index contributed by atoms with van der Waals surface area (Å²) in [4.78, 5) is 53.5. The maximum atomic E-state index is 13.8. The second-order valence-corrected chi connectivity index (χ2v) is 19.5. The molecular weight excluding hydrogens is 1010 g/mol. The molecule has 396 valence electrons. The van der Waals surface area contributed by atoms with Gasteiger partial charge < -0.3 is 29.2 Å². The van der Waals surface area contributed by atoms with Crippen molar-refractivity contribution < 1.29 is 36.9 Å². The molecule has 0 spiro atoms. The number of imidazole rings is 3. The van der Waals surface area contributed by atoms with Crippen molar-refractivity contribution in [3.63, 3.8) is 0 Å². The Morgan fingerprint density at radius 1 is 0.618 bits per heavy atom. The SMILES string of the molecule is COc1cnc(-c2cnc3ccc(F)cn23)nc1C[C@@H]1CCCN(C(=O)OC(C)(C)C)C1.COc1cnc(-c2cnc3ccc(F)cn23)nc1C[C@@H]1CCCNC1.COc1cnc(-c2cnc3ccc(F)cn23)nc1Cl. The molecule has 0 radical (unpaired) electrons. The molecule has 1 amide bonds. The predicted molar refractivity (Wildman–Crippen MR) is 277 cm³/mol. The summed E-state index contributed by atoms with van der Waals surface area (Å²) in [5, 5.41) is 3.62. The number of likely N-dealkylation sites (tertiary alicyclic amines) is 1. The fraction of sp³-hybridized carbons (Fsp3) is 0.358. The minimum absolute atomic E-state index is 0.193. The van der Waals surface area contributed by atoms with Gasteiger partial charge in [-0.3, -0.25) is 13.2 Å². The molecule has 9 aromatic heterocycles. The summed E-state index contributed by atoms with van der Waals surface area (Å²) < 4.78 is 67.0. The number of halogens is 4. The zero-order valence-electron chi connectivity index (χ0n) is 42.8. The third-order valence-corrected chi connectivity index (χ3v) is 12.9. The van der Waals surface area contributed by atoms with Gasteiger partial charge in [-0.15, -0.1) is 0 Å². The van der Waals surface area contributed by atoms with Crippen LogP contribution in [0.15, 0.2) is 92.2 Å². The smallest absolute Gasteiger partial charge is 0.410 e. The number of methoxy groups -OCH3 is 3. The molecule has 19 nitrogen and oxygen atoms in total. The molecule has 9 aromatic rings. The molecule has 11 rings (SSSR count). The highest BCUT2D eigenvalue weighted by atomic mass is 35.5. The van der Waals surface area contributed by atoms with Gasteiger partial charge in [0, 0.05) is 31.7 Å². The Hall–Kier alpha value is -7.98. The molecule has 2 aliphatic heterocycles. The van der Waals surface area contributed by atoms with Crippen LogP contribution in [-0.4, -0.2) is 122 Å². The van der Waals surface area contributed by atoms with Crippen LogP contribution >= 0.6 is 11.6 Å². The van der Waals surface area contributed by atoms with Crippen molar-refractivity contribution in [1.82, 2.24) is 68.3 Å². The van der Waals surface area contributed by atoms with Crippen LogP contribution in [0.4, 0.5) is 18.0 Å². The quantitative estimate of drug-likeness (QED) is 0.127. The molecule has 0 aliphatic carbocycles. The average molecular weight is 1060 g/mol. The number of pyridine rings is 3. The molecule has 0 saturated carbocycles. The number of nitrogens with one attached hydrogen (secondary N) is 1. The summed E-state index contributed by atoms with van der Waals surface area (Å²) in [6, 6.07) is 8.92. The first-order chi connectivity index (χ1) is 36.7. The van der Waals surface area contributed by atoms with Crippen LogP contribution < -0.4 is 19.5 Å². The number of ether oxygens (including phenoxy) is 4. The average Bonchev–Trinajstić information content (AvgIpc) is 4.17. The Bertz CT molecular complexity index is 3490. The van der Waals surface area contributed by atoms with E-state index in [2.05, 4.69) is 40.2 Å². The Morgan fingerprint density at radius 3 is 1.50 bits per heavy atom. The summed E-state index contributed by atoms with van der Waals surface area (Å²) in [6.45, 7) is 8.95. The third kappa shape index (κ3) is 12.4. The van der Waals surface area contributed by atoms with Gasteiger partial charge in [0.25, 0.3) is 0 Å². The number of fused-ring (bicyclic) bond motifs is 3. The maximum absolute atomic E-state index is 13.8. The van der Waals surface area contributed by atoms with Gasteiger partial charge in [0.05, 0.1) is 69.9 Å². The number of hydrogen-bond acceptors (Lipinski definition) is 15. The second-order valence-electron chi connectivity index (χ2n) is 19.2. The van der Waals surface area contributed by atoms with E-state index in [1.54, 1.807) is 81.5 Å².